The number of amides is 3. The Kier molecular flexibility index (Phi) is 7.11. The van der Waals surface area contributed by atoms with Crippen LogP contribution < -0.4 is 10.7 Å². The zero-order valence-corrected chi connectivity index (χ0v) is 25.3. The van der Waals surface area contributed by atoms with Gasteiger partial charge in [-0.25, -0.2) is 18.2 Å². The van der Waals surface area contributed by atoms with Crippen LogP contribution in [0.4, 0.5) is 13.2 Å². The van der Waals surface area contributed by atoms with Crippen molar-refractivity contribution in [2.45, 2.75) is 57.0 Å². The number of benzene rings is 2. The maximum Gasteiger partial charge on any atom is 0.274 e. The van der Waals surface area contributed by atoms with E-state index in [-0.39, 0.29) is 37.2 Å². The van der Waals surface area contributed by atoms with Gasteiger partial charge in [0, 0.05) is 55.5 Å². The highest BCUT2D eigenvalue weighted by Gasteiger charge is 2.56. The normalized spacial score (nSPS) is 22.2. The Balaban J connectivity index is 1.23. The predicted octanol–water partition coefficient (Wildman–Crippen LogP) is 3.07. The highest BCUT2D eigenvalue weighted by atomic mass is 19.1. The molecule has 7 rings (SSSR count). The Labute approximate surface area is 264 Å². The van der Waals surface area contributed by atoms with E-state index in [2.05, 4.69) is 10.4 Å². The molecule has 3 aliphatic heterocycles. The van der Waals surface area contributed by atoms with Crippen LogP contribution in [0.5, 0.6) is 5.75 Å². The zero-order chi connectivity index (χ0) is 33.4. The molecular formula is C32H29F3N6O6. The highest BCUT2D eigenvalue weighted by Crippen LogP contribution is 2.47. The van der Waals surface area contributed by atoms with Gasteiger partial charge in [-0.05, 0) is 37.5 Å². The molecule has 0 radical (unpaired) electrons. The number of carbonyl (C=O) groups excluding carboxylic acids is 3. The maximum absolute atomic E-state index is 14.2. The van der Waals surface area contributed by atoms with E-state index in [1.807, 2.05) is 32.2 Å². The van der Waals surface area contributed by atoms with Crippen LogP contribution >= 0.6 is 0 Å². The van der Waals surface area contributed by atoms with Crippen molar-refractivity contribution in [3.63, 3.8) is 0 Å². The summed E-state index contributed by atoms with van der Waals surface area (Å²) in [6.07, 6.45) is 3.54. The average molecular weight is 651 g/mol. The smallest absolute Gasteiger partial charge is 0.274 e. The fourth-order valence-electron chi connectivity index (χ4n) is 6.87. The second kappa shape index (κ2) is 11.0. The van der Waals surface area contributed by atoms with Crippen LogP contribution in [-0.2, 0) is 29.8 Å². The Morgan fingerprint density at radius 1 is 1.15 bits per heavy atom. The van der Waals surface area contributed by atoms with Gasteiger partial charge in [0.1, 0.15) is 28.6 Å². The molecule has 2 N–H and O–H groups in total. The molecule has 2 aromatic heterocycles. The molecule has 12 nitrogen and oxygen atoms in total. The number of rotatable bonds is 5. The van der Waals surface area contributed by atoms with Gasteiger partial charge < -0.3 is 19.9 Å². The van der Waals surface area contributed by atoms with Crippen molar-refractivity contribution in [3.05, 3.63) is 92.8 Å². The lowest BCUT2D eigenvalue weighted by atomic mass is 9.85. The molecule has 47 heavy (non-hydrogen) atoms. The Morgan fingerprint density at radius 3 is 2.64 bits per heavy atom. The standard InChI is InChI=1S/C32H29F3N6O6/c1-16-5-6-32(10-26(42)41(47-32)13-17-3-4-24-18(7-17)11-37-38(24)2)25-15-39(16)31(46)27-29(44)28(43)21(14-40(25)27)30(45)36-12-20-22(34)8-19(33)9-23(20)35/h3-4,7-9,11,14,16,25,44H,5-6,10,12-13,15H2,1-2H3,(H,36,45)/t16-,25+,32-/m0/s1. The lowest BCUT2D eigenvalue weighted by Crippen LogP contribution is -2.52. The topological polar surface area (TPSA) is 139 Å². The highest BCUT2D eigenvalue weighted by molar-refractivity contribution is 5.99. The fraction of sp³-hybridized carbons (Fsp3) is 0.344. The average Bonchev–Trinajstić information content (AvgIpc) is 3.51. The van der Waals surface area contributed by atoms with Crippen LogP contribution in [0.1, 0.15) is 64.2 Å². The first-order valence-corrected chi connectivity index (χ1v) is 15.0. The van der Waals surface area contributed by atoms with E-state index in [0.29, 0.717) is 25.0 Å². The third-order valence-corrected chi connectivity index (χ3v) is 9.44. The van der Waals surface area contributed by atoms with Crippen LogP contribution in [0.2, 0.25) is 0 Å². The monoisotopic (exact) mass is 650 g/mol. The lowest BCUT2D eigenvalue weighted by Gasteiger charge is -2.42. The number of aromatic hydroxyl groups is 1. The molecular weight excluding hydrogens is 621 g/mol. The molecule has 3 atom stereocenters. The summed E-state index contributed by atoms with van der Waals surface area (Å²) in [6.45, 7) is 1.29. The number of aryl methyl sites for hydroxylation is 1. The van der Waals surface area contributed by atoms with Crippen LogP contribution in [0.25, 0.3) is 10.9 Å². The first-order valence-electron chi connectivity index (χ1n) is 15.0. The Bertz CT molecular complexity index is 2040. The minimum absolute atomic E-state index is 0.0607. The minimum Gasteiger partial charge on any atom is -0.503 e. The first kappa shape index (κ1) is 30.5. The number of hydroxylamine groups is 2. The van der Waals surface area contributed by atoms with Gasteiger partial charge in [0.2, 0.25) is 11.3 Å². The maximum atomic E-state index is 14.2. The van der Waals surface area contributed by atoms with Gasteiger partial charge >= 0.3 is 0 Å². The van der Waals surface area contributed by atoms with Gasteiger partial charge in [-0.15, -0.1) is 0 Å². The number of carbonyl (C=O) groups is 3. The molecule has 1 spiro atoms. The van der Waals surface area contributed by atoms with Gasteiger partial charge in [0.05, 0.1) is 30.7 Å². The molecule has 5 heterocycles. The van der Waals surface area contributed by atoms with E-state index in [0.717, 1.165) is 22.7 Å². The SMILES string of the molecule is C[C@H]1CC[C@]2(CC(=O)N(Cc3ccc4c(cnn4C)c3)O2)[C@H]2CN1C(=O)c1c(O)c(=O)c(C(=O)NCc3c(F)cc(F)cc3F)cn12. The van der Waals surface area contributed by atoms with E-state index < -0.39 is 69.8 Å². The number of aromatic nitrogens is 3. The second-order valence-corrected chi connectivity index (χ2v) is 12.3. The van der Waals surface area contributed by atoms with E-state index >= 15 is 0 Å². The molecule has 3 aliphatic rings. The van der Waals surface area contributed by atoms with Crippen molar-refractivity contribution in [1.82, 2.24) is 29.6 Å². The molecule has 0 saturated carbocycles. The van der Waals surface area contributed by atoms with Crippen molar-refractivity contribution in [2.24, 2.45) is 7.05 Å². The number of halogens is 3. The van der Waals surface area contributed by atoms with Gasteiger partial charge in [0.15, 0.2) is 11.4 Å². The summed E-state index contributed by atoms with van der Waals surface area (Å²) < 4.78 is 44.8. The summed E-state index contributed by atoms with van der Waals surface area (Å²) in [5.74, 6) is -6.62. The van der Waals surface area contributed by atoms with E-state index in [4.69, 9.17) is 4.84 Å². The summed E-state index contributed by atoms with van der Waals surface area (Å²) in [4.78, 5) is 61.5. The largest absolute Gasteiger partial charge is 0.503 e. The van der Waals surface area contributed by atoms with Crippen molar-refractivity contribution in [1.29, 1.82) is 0 Å². The number of hydrogen-bond acceptors (Lipinski definition) is 7. The Morgan fingerprint density at radius 2 is 1.89 bits per heavy atom. The Hall–Kier alpha value is -5.18. The molecule has 2 fully saturated rings. The quantitative estimate of drug-likeness (QED) is 0.339. The third kappa shape index (κ3) is 4.92. The molecule has 4 aromatic rings. The van der Waals surface area contributed by atoms with Crippen molar-refractivity contribution < 1.29 is 37.5 Å². The molecule has 15 heteroatoms. The number of hydrogen-bond donors (Lipinski definition) is 2. The second-order valence-electron chi connectivity index (χ2n) is 12.3. The van der Waals surface area contributed by atoms with Crippen molar-refractivity contribution in [2.75, 3.05) is 6.54 Å². The summed E-state index contributed by atoms with van der Waals surface area (Å²) in [7, 11) is 1.83. The van der Waals surface area contributed by atoms with Gasteiger partial charge in [-0.3, -0.25) is 28.7 Å². The molecule has 2 bridgehead atoms. The first-order chi connectivity index (χ1) is 22.4. The van der Waals surface area contributed by atoms with Gasteiger partial charge in [-0.2, -0.15) is 5.10 Å². The van der Waals surface area contributed by atoms with Gasteiger partial charge in [-0.1, -0.05) is 6.07 Å². The van der Waals surface area contributed by atoms with E-state index in [9.17, 15) is 37.5 Å². The van der Waals surface area contributed by atoms with Crippen LogP contribution in [0.15, 0.2) is 47.5 Å². The molecule has 244 valence electrons. The predicted molar refractivity (Wildman–Crippen MR) is 158 cm³/mol. The van der Waals surface area contributed by atoms with Crippen molar-refractivity contribution >= 4 is 28.6 Å². The summed E-state index contributed by atoms with van der Waals surface area (Å²) >= 11 is 0. The summed E-state index contributed by atoms with van der Waals surface area (Å²) in [6, 6.07) is 5.46. The number of nitrogens with one attached hydrogen (secondary N) is 1. The third-order valence-electron chi connectivity index (χ3n) is 9.44. The molecule has 0 unspecified atom stereocenters. The van der Waals surface area contributed by atoms with E-state index in [1.54, 1.807) is 10.9 Å². The number of pyridine rings is 1. The summed E-state index contributed by atoms with van der Waals surface area (Å²) in [5, 5.41) is 19.7. The molecule has 3 amide bonds. The molecule has 2 saturated heterocycles. The number of fused-ring (bicyclic) bond motifs is 6. The molecule has 0 aliphatic carbocycles. The van der Waals surface area contributed by atoms with Crippen LogP contribution in [0, 0.1) is 17.5 Å². The molecule has 2 aromatic carbocycles. The van der Waals surface area contributed by atoms with Crippen LogP contribution in [-0.4, -0.2) is 65.3 Å². The number of nitrogens with zero attached hydrogens (tertiary/aromatic N) is 5. The van der Waals surface area contributed by atoms with Crippen molar-refractivity contribution in [3.8, 4) is 5.75 Å². The van der Waals surface area contributed by atoms with Crippen LogP contribution in [0.3, 0.4) is 0 Å². The van der Waals surface area contributed by atoms with Gasteiger partial charge in [0.25, 0.3) is 11.8 Å². The lowest BCUT2D eigenvalue weighted by molar-refractivity contribution is -0.218. The van der Waals surface area contributed by atoms with E-state index in [1.165, 1.54) is 14.5 Å². The fourth-order valence-corrected chi connectivity index (χ4v) is 6.87. The minimum atomic E-state index is -1.24. The summed E-state index contributed by atoms with van der Waals surface area (Å²) in [5.41, 5.74) is -2.25. The zero-order valence-electron chi connectivity index (χ0n) is 25.3.